The first kappa shape index (κ1) is 20.8. The van der Waals surface area contributed by atoms with Gasteiger partial charge in [-0.15, -0.1) is 0 Å². The van der Waals surface area contributed by atoms with Crippen molar-refractivity contribution in [2.75, 3.05) is 0 Å². The molecule has 0 unspecified atom stereocenters. The standard InChI is InChI=1S/C24H26N4O3/c1-5-14-27-22(29)18-8-6-7-9-19(18)28(23(27)30)15-20-25-21(26-31-20)16-10-12-17(13-11-16)24(2,3)4/h6-13H,5,14-15H2,1-4H3. The van der Waals surface area contributed by atoms with E-state index < -0.39 is 0 Å². The fraction of sp³-hybridized carbons (Fsp3) is 0.333. The number of aromatic nitrogens is 4. The molecule has 4 rings (SSSR count). The summed E-state index contributed by atoms with van der Waals surface area (Å²) in [6.45, 7) is 8.87. The third-order valence-corrected chi connectivity index (χ3v) is 5.35. The van der Waals surface area contributed by atoms with Crippen LogP contribution in [0.15, 0.2) is 62.6 Å². The van der Waals surface area contributed by atoms with E-state index >= 15 is 0 Å². The van der Waals surface area contributed by atoms with Crippen molar-refractivity contribution in [1.82, 2.24) is 19.3 Å². The van der Waals surface area contributed by atoms with Crippen LogP contribution < -0.4 is 11.2 Å². The smallest absolute Gasteiger partial charge is 0.331 e. The van der Waals surface area contributed by atoms with Gasteiger partial charge in [0, 0.05) is 12.1 Å². The normalized spacial score (nSPS) is 11.9. The highest BCUT2D eigenvalue weighted by Gasteiger charge is 2.17. The second kappa shape index (κ2) is 7.98. The van der Waals surface area contributed by atoms with Gasteiger partial charge in [-0.05, 0) is 29.5 Å². The van der Waals surface area contributed by atoms with Crippen LogP contribution in [0.3, 0.4) is 0 Å². The van der Waals surface area contributed by atoms with Crippen molar-refractivity contribution in [3.05, 3.63) is 80.8 Å². The topological polar surface area (TPSA) is 82.9 Å². The van der Waals surface area contributed by atoms with Gasteiger partial charge in [-0.1, -0.05) is 69.2 Å². The number of benzene rings is 2. The molecule has 0 fully saturated rings. The van der Waals surface area contributed by atoms with E-state index in [4.69, 9.17) is 4.52 Å². The lowest BCUT2D eigenvalue weighted by Gasteiger charge is -2.18. The van der Waals surface area contributed by atoms with Crippen molar-refractivity contribution in [1.29, 1.82) is 0 Å². The zero-order chi connectivity index (χ0) is 22.2. The molecular formula is C24H26N4O3. The molecule has 0 amide bonds. The molecule has 2 heterocycles. The summed E-state index contributed by atoms with van der Waals surface area (Å²) in [7, 11) is 0. The van der Waals surface area contributed by atoms with Gasteiger partial charge in [0.1, 0.15) is 6.54 Å². The van der Waals surface area contributed by atoms with Crippen LogP contribution >= 0.6 is 0 Å². The van der Waals surface area contributed by atoms with Gasteiger partial charge in [-0.25, -0.2) is 4.79 Å². The summed E-state index contributed by atoms with van der Waals surface area (Å²) >= 11 is 0. The van der Waals surface area contributed by atoms with Gasteiger partial charge in [0.25, 0.3) is 5.56 Å². The SMILES string of the molecule is CCCn1c(=O)c2ccccc2n(Cc2nc(-c3ccc(C(C)(C)C)cc3)no2)c1=O. The molecule has 2 aromatic heterocycles. The van der Waals surface area contributed by atoms with Crippen molar-refractivity contribution in [2.24, 2.45) is 0 Å². The molecule has 7 heteroatoms. The molecule has 0 N–H and O–H groups in total. The molecule has 0 aliphatic carbocycles. The van der Waals surface area contributed by atoms with Crippen molar-refractivity contribution in [2.45, 2.75) is 52.6 Å². The Morgan fingerprint density at radius 1 is 0.968 bits per heavy atom. The van der Waals surface area contributed by atoms with E-state index in [0.717, 1.165) is 5.56 Å². The van der Waals surface area contributed by atoms with Crippen LogP contribution in [0, 0.1) is 0 Å². The van der Waals surface area contributed by atoms with Gasteiger partial charge < -0.3 is 4.52 Å². The molecule has 0 aliphatic heterocycles. The molecule has 4 aromatic rings. The summed E-state index contributed by atoms with van der Waals surface area (Å²) in [5.41, 5.74) is 2.03. The predicted molar refractivity (Wildman–Crippen MR) is 120 cm³/mol. The Kier molecular flexibility index (Phi) is 5.35. The van der Waals surface area contributed by atoms with Crippen molar-refractivity contribution < 1.29 is 4.52 Å². The van der Waals surface area contributed by atoms with Crippen molar-refractivity contribution in [3.8, 4) is 11.4 Å². The fourth-order valence-electron chi connectivity index (χ4n) is 3.64. The highest BCUT2D eigenvalue weighted by atomic mass is 16.5. The lowest BCUT2D eigenvalue weighted by Crippen LogP contribution is -2.40. The molecule has 31 heavy (non-hydrogen) atoms. The third-order valence-electron chi connectivity index (χ3n) is 5.35. The zero-order valence-corrected chi connectivity index (χ0v) is 18.3. The minimum atomic E-state index is -0.375. The van der Waals surface area contributed by atoms with E-state index in [1.165, 1.54) is 14.7 Å². The highest BCUT2D eigenvalue weighted by Crippen LogP contribution is 2.25. The van der Waals surface area contributed by atoms with Gasteiger partial charge >= 0.3 is 5.69 Å². The Bertz CT molecular complexity index is 1340. The second-order valence-corrected chi connectivity index (χ2v) is 8.68. The molecule has 2 aromatic carbocycles. The number of nitrogens with zero attached hydrogens (tertiary/aromatic N) is 4. The van der Waals surface area contributed by atoms with Crippen LogP contribution in [0.5, 0.6) is 0 Å². The number of para-hydroxylation sites is 1. The molecule has 0 saturated carbocycles. The van der Waals surface area contributed by atoms with Gasteiger partial charge in [0.15, 0.2) is 0 Å². The first-order chi connectivity index (χ1) is 14.8. The second-order valence-electron chi connectivity index (χ2n) is 8.68. The zero-order valence-electron chi connectivity index (χ0n) is 18.3. The lowest BCUT2D eigenvalue weighted by atomic mass is 9.87. The largest absolute Gasteiger partial charge is 0.337 e. The Balaban J connectivity index is 1.72. The van der Waals surface area contributed by atoms with Crippen LogP contribution in [0.25, 0.3) is 22.3 Å². The van der Waals surface area contributed by atoms with Crippen LogP contribution in [-0.4, -0.2) is 19.3 Å². The van der Waals surface area contributed by atoms with E-state index in [-0.39, 0.29) is 23.2 Å². The fourth-order valence-corrected chi connectivity index (χ4v) is 3.64. The molecule has 0 atom stereocenters. The Morgan fingerprint density at radius 3 is 2.35 bits per heavy atom. The van der Waals surface area contributed by atoms with Crippen molar-refractivity contribution >= 4 is 10.9 Å². The molecule has 0 spiro atoms. The summed E-state index contributed by atoms with van der Waals surface area (Å²) < 4.78 is 8.24. The molecule has 0 saturated heterocycles. The van der Waals surface area contributed by atoms with Crippen LogP contribution in [0.4, 0.5) is 0 Å². The number of fused-ring (bicyclic) bond motifs is 1. The maximum Gasteiger partial charge on any atom is 0.331 e. The van der Waals surface area contributed by atoms with E-state index in [0.29, 0.717) is 35.6 Å². The monoisotopic (exact) mass is 418 g/mol. The quantitative estimate of drug-likeness (QED) is 0.490. The maximum atomic E-state index is 13.0. The van der Waals surface area contributed by atoms with Crippen LogP contribution in [-0.2, 0) is 18.5 Å². The Hall–Kier alpha value is -3.48. The van der Waals surface area contributed by atoms with E-state index in [2.05, 4.69) is 43.0 Å². The molecule has 160 valence electrons. The lowest BCUT2D eigenvalue weighted by molar-refractivity contribution is 0.369. The van der Waals surface area contributed by atoms with E-state index in [1.54, 1.807) is 24.3 Å². The number of hydrogen-bond acceptors (Lipinski definition) is 5. The predicted octanol–water partition coefficient (Wildman–Crippen LogP) is 3.97. The van der Waals surface area contributed by atoms with Gasteiger partial charge in [-0.3, -0.25) is 13.9 Å². The molecule has 0 radical (unpaired) electrons. The third kappa shape index (κ3) is 3.95. The van der Waals surface area contributed by atoms with E-state index in [1.807, 2.05) is 19.1 Å². The first-order valence-corrected chi connectivity index (χ1v) is 10.5. The molecule has 7 nitrogen and oxygen atoms in total. The highest BCUT2D eigenvalue weighted by molar-refractivity contribution is 5.77. The Morgan fingerprint density at radius 2 is 1.68 bits per heavy atom. The minimum Gasteiger partial charge on any atom is -0.337 e. The first-order valence-electron chi connectivity index (χ1n) is 10.5. The van der Waals surface area contributed by atoms with Crippen molar-refractivity contribution in [3.63, 3.8) is 0 Å². The Labute approximate surface area is 180 Å². The summed E-state index contributed by atoms with van der Waals surface area (Å²) in [6.07, 6.45) is 0.683. The minimum absolute atomic E-state index is 0.0603. The van der Waals surface area contributed by atoms with Crippen LogP contribution in [0.1, 0.15) is 45.6 Å². The van der Waals surface area contributed by atoms with Gasteiger partial charge in [-0.2, -0.15) is 4.98 Å². The number of rotatable bonds is 5. The average molecular weight is 418 g/mol. The summed E-state index contributed by atoms with van der Waals surface area (Å²) in [6, 6.07) is 15.1. The summed E-state index contributed by atoms with van der Waals surface area (Å²) in [5, 5.41) is 4.58. The maximum absolute atomic E-state index is 13.0. The molecule has 0 aliphatic rings. The number of hydrogen-bond donors (Lipinski definition) is 0. The molecule has 0 bridgehead atoms. The van der Waals surface area contributed by atoms with Gasteiger partial charge in [0.2, 0.25) is 11.7 Å². The average Bonchev–Trinajstić information content (AvgIpc) is 3.22. The molecular weight excluding hydrogens is 392 g/mol. The van der Waals surface area contributed by atoms with Gasteiger partial charge in [0.05, 0.1) is 10.9 Å². The van der Waals surface area contributed by atoms with E-state index in [9.17, 15) is 9.59 Å². The summed E-state index contributed by atoms with van der Waals surface area (Å²) in [4.78, 5) is 30.3. The van der Waals surface area contributed by atoms with Crippen LogP contribution in [0.2, 0.25) is 0 Å². The summed E-state index contributed by atoms with van der Waals surface area (Å²) in [5.74, 6) is 0.776.